The van der Waals surface area contributed by atoms with Gasteiger partial charge in [-0.25, -0.2) is 4.39 Å². The smallest absolute Gasteiger partial charge is 0.296 e. The summed E-state index contributed by atoms with van der Waals surface area (Å²) >= 11 is 0. The predicted octanol–water partition coefficient (Wildman–Crippen LogP) is 2.15. The molecule has 1 aliphatic rings. The lowest BCUT2D eigenvalue weighted by molar-refractivity contribution is -0.184. The topological polar surface area (TPSA) is 3.24 Å². The van der Waals surface area contributed by atoms with Crippen molar-refractivity contribution in [3.8, 4) is 0 Å². The molecule has 0 saturated heterocycles. The van der Waals surface area contributed by atoms with Crippen LogP contribution in [0.4, 0.5) is 17.6 Å². The number of hydrogen-bond acceptors (Lipinski definition) is 1. The molecule has 5 heteroatoms. The Hall–Kier alpha value is -0.580. The first-order valence-corrected chi connectivity index (χ1v) is 4.08. The molecule has 0 aromatic carbocycles. The van der Waals surface area contributed by atoms with E-state index in [0.717, 1.165) is 0 Å². The maximum atomic E-state index is 12.5. The van der Waals surface area contributed by atoms with Gasteiger partial charge in [-0.2, -0.15) is 13.2 Å². The predicted molar refractivity (Wildman–Crippen MR) is 41.1 cm³/mol. The lowest BCUT2D eigenvalue weighted by atomic mass is 10.2. The van der Waals surface area contributed by atoms with E-state index in [9.17, 15) is 17.6 Å². The van der Waals surface area contributed by atoms with Crippen molar-refractivity contribution in [2.24, 2.45) is 0 Å². The summed E-state index contributed by atoms with van der Waals surface area (Å²) < 4.78 is 47.9. The van der Waals surface area contributed by atoms with E-state index in [-0.39, 0.29) is 0 Å². The lowest BCUT2D eigenvalue weighted by Gasteiger charge is -2.25. The average Bonchev–Trinajstić information content (AvgIpc) is 2.04. The fourth-order valence-electron chi connectivity index (χ4n) is 1.19. The van der Waals surface area contributed by atoms with Crippen LogP contribution in [-0.4, -0.2) is 36.9 Å². The summed E-state index contributed by atoms with van der Waals surface area (Å²) in [6, 6.07) is 0. The van der Waals surface area contributed by atoms with Crippen molar-refractivity contribution >= 4 is 0 Å². The Balaban J connectivity index is 2.35. The van der Waals surface area contributed by atoms with Crippen LogP contribution in [0.3, 0.4) is 0 Å². The number of hydrogen-bond donors (Lipinski definition) is 0. The first kappa shape index (κ1) is 10.5. The first-order valence-electron chi connectivity index (χ1n) is 4.08. The van der Waals surface area contributed by atoms with Gasteiger partial charge in [0.1, 0.15) is 0 Å². The molecule has 0 spiro atoms. The molecule has 0 fully saturated rings. The van der Waals surface area contributed by atoms with E-state index in [0.29, 0.717) is 19.5 Å². The Labute approximate surface area is 74.0 Å². The third kappa shape index (κ3) is 3.34. The molecule has 13 heavy (non-hydrogen) atoms. The van der Waals surface area contributed by atoms with Crippen LogP contribution in [0, 0.1) is 0 Å². The van der Waals surface area contributed by atoms with Gasteiger partial charge in [0.25, 0.3) is 0 Å². The van der Waals surface area contributed by atoms with Gasteiger partial charge >= 0.3 is 6.18 Å². The highest BCUT2D eigenvalue weighted by Crippen LogP contribution is 2.23. The van der Waals surface area contributed by atoms with Gasteiger partial charge in [0.2, 0.25) is 6.17 Å². The van der Waals surface area contributed by atoms with Crippen molar-refractivity contribution in [2.45, 2.75) is 18.8 Å². The van der Waals surface area contributed by atoms with Crippen LogP contribution < -0.4 is 0 Å². The zero-order chi connectivity index (χ0) is 9.90. The van der Waals surface area contributed by atoms with Crippen molar-refractivity contribution in [1.82, 2.24) is 4.90 Å². The number of halogens is 4. The summed E-state index contributed by atoms with van der Waals surface area (Å²) in [6.07, 6.45) is -3.10. The van der Waals surface area contributed by atoms with E-state index < -0.39 is 18.9 Å². The fourth-order valence-corrected chi connectivity index (χ4v) is 1.19. The molecule has 1 rings (SSSR count). The second-order valence-electron chi connectivity index (χ2n) is 3.03. The fraction of sp³-hybridized carbons (Fsp3) is 0.750. The van der Waals surface area contributed by atoms with Gasteiger partial charge < -0.3 is 0 Å². The van der Waals surface area contributed by atoms with E-state index in [2.05, 4.69) is 0 Å². The second-order valence-corrected chi connectivity index (χ2v) is 3.03. The average molecular weight is 197 g/mol. The van der Waals surface area contributed by atoms with Gasteiger partial charge in [-0.15, -0.1) is 0 Å². The van der Waals surface area contributed by atoms with Crippen molar-refractivity contribution in [2.75, 3.05) is 19.6 Å². The van der Waals surface area contributed by atoms with Gasteiger partial charge in [0, 0.05) is 19.6 Å². The molecule has 0 aromatic heterocycles. The van der Waals surface area contributed by atoms with Gasteiger partial charge in [0.05, 0.1) is 0 Å². The Bertz CT molecular complexity index is 187. The molecule has 0 saturated carbocycles. The molecule has 0 radical (unpaired) electrons. The maximum Gasteiger partial charge on any atom is 0.420 e. The molecule has 76 valence electrons. The molecule has 0 bridgehead atoms. The van der Waals surface area contributed by atoms with E-state index in [4.69, 9.17) is 0 Å². The SMILES string of the molecule is FC(CN1CC=CCC1)C(F)(F)F. The molecule has 1 nitrogen and oxygen atoms in total. The van der Waals surface area contributed by atoms with Crippen molar-refractivity contribution in [1.29, 1.82) is 0 Å². The maximum absolute atomic E-state index is 12.5. The molecule has 0 aliphatic carbocycles. The largest absolute Gasteiger partial charge is 0.420 e. The number of rotatable bonds is 2. The highest BCUT2D eigenvalue weighted by molar-refractivity contribution is 4.91. The minimum atomic E-state index is -4.72. The van der Waals surface area contributed by atoms with Gasteiger partial charge in [0.15, 0.2) is 0 Å². The number of nitrogens with zero attached hydrogens (tertiary/aromatic N) is 1. The van der Waals surface area contributed by atoms with E-state index in [1.165, 1.54) is 4.90 Å². The molecule has 1 atom stereocenters. The summed E-state index contributed by atoms with van der Waals surface area (Å²) in [7, 11) is 0. The Morgan fingerprint density at radius 2 is 2.00 bits per heavy atom. The van der Waals surface area contributed by atoms with Crippen LogP contribution in [0.1, 0.15) is 6.42 Å². The van der Waals surface area contributed by atoms with E-state index in [1.54, 1.807) is 6.08 Å². The van der Waals surface area contributed by atoms with Crippen LogP contribution in [0.2, 0.25) is 0 Å². The highest BCUT2D eigenvalue weighted by atomic mass is 19.4. The molecule has 0 aromatic rings. The zero-order valence-electron chi connectivity index (χ0n) is 7.02. The highest BCUT2D eigenvalue weighted by Gasteiger charge is 2.40. The Morgan fingerprint density at radius 3 is 2.46 bits per heavy atom. The van der Waals surface area contributed by atoms with Gasteiger partial charge in [-0.1, -0.05) is 12.2 Å². The summed E-state index contributed by atoms with van der Waals surface area (Å²) in [6.45, 7) is 0.372. The molecular formula is C8H11F4N. The third-order valence-electron chi connectivity index (χ3n) is 1.92. The molecular weight excluding hydrogens is 186 g/mol. The molecule has 1 heterocycles. The van der Waals surface area contributed by atoms with Crippen LogP contribution in [-0.2, 0) is 0 Å². The van der Waals surface area contributed by atoms with Crippen molar-refractivity contribution in [3.63, 3.8) is 0 Å². The van der Waals surface area contributed by atoms with E-state index >= 15 is 0 Å². The third-order valence-corrected chi connectivity index (χ3v) is 1.92. The van der Waals surface area contributed by atoms with Crippen LogP contribution in [0.5, 0.6) is 0 Å². The van der Waals surface area contributed by atoms with Crippen molar-refractivity contribution in [3.05, 3.63) is 12.2 Å². The molecule has 1 unspecified atom stereocenters. The summed E-state index contributed by atoms with van der Waals surface area (Å²) in [5.41, 5.74) is 0. The second kappa shape index (κ2) is 4.09. The van der Waals surface area contributed by atoms with Crippen LogP contribution in [0.25, 0.3) is 0 Å². The van der Waals surface area contributed by atoms with Crippen LogP contribution >= 0.6 is 0 Å². The summed E-state index contributed by atoms with van der Waals surface area (Å²) in [5, 5.41) is 0. The minimum absolute atomic E-state index is 0.413. The lowest BCUT2D eigenvalue weighted by Crippen LogP contribution is -2.39. The first-order chi connectivity index (χ1) is 6.00. The monoisotopic (exact) mass is 197 g/mol. The minimum Gasteiger partial charge on any atom is -0.296 e. The van der Waals surface area contributed by atoms with E-state index in [1.807, 2.05) is 6.08 Å². The number of alkyl halides is 4. The van der Waals surface area contributed by atoms with Gasteiger partial charge in [-0.05, 0) is 6.42 Å². The summed E-state index contributed by atoms with van der Waals surface area (Å²) in [4.78, 5) is 1.46. The molecule has 0 N–H and O–H groups in total. The Morgan fingerprint density at radius 1 is 1.31 bits per heavy atom. The van der Waals surface area contributed by atoms with Crippen LogP contribution in [0.15, 0.2) is 12.2 Å². The quantitative estimate of drug-likeness (QED) is 0.484. The van der Waals surface area contributed by atoms with Gasteiger partial charge in [-0.3, -0.25) is 4.90 Å². The molecule has 1 aliphatic heterocycles. The normalized spacial score (nSPS) is 21.8. The standard InChI is InChI=1S/C8H11F4N/c9-7(8(10,11)12)6-13-4-2-1-3-5-13/h1-2,7H,3-6H2. The molecule has 0 amide bonds. The Kier molecular flexibility index (Phi) is 3.30. The van der Waals surface area contributed by atoms with Crippen molar-refractivity contribution < 1.29 is 17.6 Å². The summed E-state index contributed by atoms with van der Waals surface area (Å²) in [5.74, 6) is 0. The zero-order valence-corrected chi connectivity index (χ0v) is 7.02.